The molecule has 118 valence electrons. The SMILES string of the molecule is CCCCC[C@H](C)NC(=O)COC(=O)c1ccc(C#N)cc1. The summed E-state index contributed by atoms with van der Waals surface area (Å²) in [5.41, 5.74) is 0.790. The van der Waals surface area contributed by atoms with E-state index in [0.29, 0.717) is 11.1 Å². The maximum absolute atomic E-state index is 11.8. The van der Waals surface area contributed by atoms with Crippen LogP contribution in [-0.4, -0.2) is 24.5 Å². The molecule has 0 unspecified atom stereocenters. The lowest BCUT2D eigenvalue weighted by Gasteiger charge is -2.13. The van der Waals surface area contributed by atoms with Gasteiger partial charge in [-0.25, -0.2) is 4.79 Å². The number of carbonyl (C=O) groups excluding carboxylic acids is 2. The van der Waals surface area contributed by atoms with Gasteiger partial charge in [0.05, 0.1) is 17.2 Å². The van der Waals surface area contributed by atoms with Crippen LogP contribution >= 0.6 is 0 Å². The standard InChI is InChI=1S/C17H22N2O3/c1-3-4-5-6-13(2)19-16(20)12-22-17(21)15-9-7-14(11-18)8-10-15/h7-10,13H,3-6,12H2,1-2H3,(H,19,20)/t13-/m0/s1. The highest BCUT2D eigenvalue weighted by Crippen LogP contribution is 2.05. The van der Waals surface area contributed by atoms with Gasteiger partial charge in [-0.1, -0.05) is 26.2 Å². The molecule has 5 nitrogen and oxygen atoms in total. The van der Waals surface area contributed by atoms with Crippen LogP contribution in [0.3, 0.4) is 0 Å². The molecule has 1 atom stereocenters. The van der Waals surface area contributed by atoms with Crippen LogP contribution in [0.25, 0.3) is 0 Å². The maximum Gasteiger partial charge on any atom is 0.338 e. The molecule has 0 aromatic heterocycles. The van der Waals surface area contributed by atoms with Gasteiger partial charge in [0.2, 0.25) is 0 Å². The fourth-order valence-corrected chi connectivity index (χ4v) is 1.98. The van der Waals surface area contributed by atoms with E-state index >= 15 is 0 Å². The number of amides is 1. The lowest BCUT2D eigenvalue weighted by atomic mass is 10.1. The number of ether oxygens (including phenoxy) is 1. The quantitative estimate of drug-likeness (QED) is 0.591. The van der Waals surface area contributed by atoms with Gasteiger partial charge in [-0.15, -0.1) is 0 Å². The van der Waals surface area contributed by atoms with Crippen molar-refractivity contribution >= 4 is 11.9 Å². The van der Waals surface area contributed by atoms with Gasteiger partial charge in [0, 0.05) is 6.04 Å². The van der Waals surface area contributed by atoms with Crippen molar-refractivity contribution in [2.75, 3.05) is 6.61 Å². The van der Waals surface area contributed by atoms with Crippen LogP contribution in [0.1, 0.15) is 55.5 Å². The van der Waals surface area contributed by atoms with Crippen molar-refractivity contribution in [3.63, 3.8) is 0 Å². The molecular formula is C17H22N2O3. The zero-order valence-electron chi connectivity index (χ0n) is 13.1. The Morgan fingerprint density at radius 3 is 2.55 bits per heavy atom. The van der Waals surface area contributed by atoms with Gasteiger partial charge in [0.15, 0.2) is 6.61 Å². The number of hydrogen-bond donors (Lipinski definition) is 1. The molecule has 0 radical (unpaired) electrons. The summed E-state index contributed by atoms with van der Waals surface area (Å²) in [5, 5.41) is 11.5. The van der Waals surface area contributed by atoms with Crippen molar-refractivity contribution < 1.29 is 14.3 Å². The van der Waals surface area contributed by atoms with E-state index in [9.17, 15) is 9.59 Å². The van der Waals surface area contributed by atoms with Crippen LogP contribution < -0.4 is 5.32 Å². The zero-order valence-corrected chi connectivity index (χ0v) is 13.1. The lowest BCUT2D eigenvalue weighted by molar-refractivity contribution is -0.124. The Kier molecular flexibility index (Phi) is 7.69. The number of unbranched alkanes of at least 4 members (excludes halogenated alkanes) is 2. The highest BCUT2D eigenvalue weighted by atomic mass is 16.5. The zero-order chi connectivity index (χ0) is 16.4. The predicted molar refractivity (Wildman–Crippen MR) is 83.2 cm³/mol. The molecule has 0 saturated heterocycles. The molecule has 1 aromatic rings. The first kappa shape index (κ1) is 17.7. The molecule has 0 aliphatic heterocycles. The molecule has 0 bridgehead atoms. The molecule has 1 aromatic carbocycles. The van der Waals surface area contributed by atoms with E-state index in [1.54, 1.807) is 0 Å². The molecule has 0 heterocycles. The van der Waals surface area contributed by atoms with Gasteiger partial charge in [0.1, 0.15) is 0 Å². The molecular weight excluding hydrogens is 280 g/mol. The Morgan fingerprint density at radius 1 is 1.27 bits per heavy atom. The number of esters is 1. The molecule has 0 saturated carbocycles. The van der Waals surface area contributed by atoms with Gasteiger partial charge in [-0.2, -0.15) is 5.26 Å². The smallest absolute Gasteiger partial charge is 0.338 e. The summed E-state index contributed by atoms with van der Waals surface area (Å²) in [6, 6.07) is 8.13. The number of carbonyl (C=O) groups is 2. The second-order valence-corrected chi connectivity index (χ2v) is 5.23. The molecule has 0 spiro atoms. The Balaban J connectivity index is 2.33. The van der Waals surface area contributed by atoms with Crippen LogP contribution in [0.4, 0.5) is 0 Å². The average molecular weight is 302 g/mol. The Morgan fingerprint density at radius 2 is 1.95 bits per heavy atom. The van der Waals surface area contributed by atoms with E-state index < -0.39 is 5.97 Å². The molecule has 0 fully saturated rings. The van der Waals surface area contributed by atoms with Gasteiger partial charge >= 0.3 is 5.97 Å². The number of nitrogens with zero attached hydrogens (tertiary/aromatic N) is 1. The minimum absolute atomic E-state index is 0.0765. The van der Waals surface area contributed by atoms with Crippen molar-refractivity contribution in [3.8, 4) is 6.07 Å². The number of nitrogens with one attached hydrogen (secondary N) is 1. The Labute approximate surface area is 131 Å². The second kappa shape index (κ2) is 9.56. The lowest BCUT2D eigenvalue weighted by Crippen LogP contribution is -2.35. The van der Waals surface area contributed by atoms with Crippen molar-refractivity contribution in [1.82, 2.24) is 5.32 Å². The highest BCUT2D eigenvalue weighted by molar-refractivity contribution is 5.91. The molecule has 22 heavy (non-hydrogen) atoms. The molecule has 1 amide bonds. The van der Waals surface area contributed by atoms with Crippen LogP contribution in [-0.2, 0) is 9.53 Å². The summed E-state index contributed by atoms with van der Waals surface area (Å²) in [6.07, 6.45) is 4.28. The van der Waals surface area contributed by atoms with E-state index in [-0.39, 0.29) is 18.6 Å². The van der Waals surface area contributed by atoms with Gasteiger partial charge in [-0.3, -0.25) is 4.79 Å². The monoisotopic (exact) mass is 302 g/mol. The van der Waals surface area contributed by atoms with E-state index in [4.69, 9.17) is 10.00 Å². The molecule has 1 rings (SSSR count). The first-order valence-electron chi connectivity index (χ1n) is 7.53. The van der Waals surface area contributed by atoms with Crippen LogP contribution in [0.15, 0.2) is 24.3 Å². The van der Waals surface area contributed by atoms with Crippen LogP contribution in [0.5, 0.6) is 0 Å². The summed E-state index contributed by atoms with van der Waals surface area (Å²) in [7, 11) is 0. The summed E-state index contributed by atoms with van der Waals surface area (Å²) < 4.78 is 4.96. The van der Waals surface area contributed by atoms with E-state index in [1.165, 1.54) is 24.3 Å². The normalized spacial score (nSPS) is 11.3. The summed E-state index contributed by atoms with van der Waals surface area (Å²) in [4.78, 5) is 23.5. The van der Waals surface area contributed by atoms with E-state index in [0.717, 1.165) is 25.7 Å². The van der Waals surface area contributed by atoms with Crippen molar-refractivity contribution in [2.45, 2.75) is 45.6 Å². The maximum atomic E-state index is 11.8. The number of benzene rings is 1. The second-order valence-electron chi connectivity index (χ2n) is 5.23. The van der Waals surface area contributed by atoms with Crippen LogP contribution in [0, 0.1) is 11.3 Å². The predicted octanol–water partition coefficient (Wildman–Crippen LogP) is 2.80. The first-order chi connectivity index (χ1) is 10.6. The Hall–Kier alpha value is -2.35. The minimum atomic E-state index is -0.571. The summed E-state index contributed by atoms with van der Waals surface area (Å²) in [6.45, 7) is 3.78. The fraction of sp³-hybridized carbons (Fsp3) is 0.471. The average Bonchev–Trinajstić information content (AvgIpc) is 2.53. The minimum Gasteiger partial charge on any atom is -0.452 e. The van der Waals surface area contributed by atoms with Gasteiger partial charge in [0.25, 0.3) is 5.91 Å². The number of rotatable bonds is 8. The van der Waals surface area contributed by atoms with Gasteiger partial charge in [-0.05, 0) is 37.6 Å². The summed E-state index contributed by atoms with van der Waals surface area (Å²) in [5.74, 6) is -0.871. The highest BCUT2D eigenvalue weighted by Gasteiger charge is 2.12. The van der Waals surface area contributed by atoms with Crippen LogP contribution in [0.2, 0.25) is 0 Å². The first-order valence-corrected chi connectivity index (χ1v) is 7.53. The van der Waals surface area contributed by atoms with Crippen molar-refractivity contribution in [1.29, 1.82) is 5.26 Å². The molecule has 1 N–H and O–H groups in total. The van der Waals surface area contributed by atoms with Crippen molar-refractivity contribution in [3.05, 3.63) is 35.4 Å². The molecule has 0 aliphatic rings. The summed E-state index contributed by atoms with van der Waals surface area (Å²) >= 11 is 0. The van der Waals surface area contributed by atoms with E-state index in [2.05, 4.69) is 12.2 Å². The van der Waals surface area contributed by atoms with Crippen molar-refractivity contribution in [2.24, 2.45) is 0 Å². The third kappa shape index (κ3) is 6.40. The van der Waals surface area contributed by atoms with E-state index in [1.807, 2.05) is 13.0 Å². The Bertz CT molecular complexity index is 532. The van der Waals surface area contributed by atoms with Gasteiger partial charge < -0.3 is 10.1 Å². The molecule has 5 heteroatoms. The fourth-order valence-electron chi connectivity index (χ4n) is 1.98. The third-order valence-electron chi connectivity index (χ3n) is 3.23. The topological polar surface area (TPSA) is 79.2 Å². The number of nitriles is 1. The third-order valence-corrected chi connectivity index (χ3v) is 3.23. The molecule has 0 aliphatic carbocycles. The number of hydrogen-bond acceptors (Lipinski definition) is 4. The largest absolute Gasteiger partial charge is 0.452 e.